The monoisotopic (exact) mass is 265 g/mol. The van der Waals surface area contributed by atoms with Gasteiger partial charge in [0, 0.05) is 0 Å². The van der Waals surface area contributed by atoms with Crippen LogP contribution >= 0.6 is 0 Å². The van der Waals surface area contributed by atoms with Gasteiger partial charge < -0.3 is 10.5 Å². The smallest absolute Gasteiger partial charge is 0.272 e. The Balaban J connectivity index is 2.12. The van der Waals surface area contributed by atoms with Crippen LogP contribution < -0.4 is 10.5 Å². The lowest BCUT2D eigenvalue weighted by atomic mass is 10.3. The summed E-state index contributed by atoms with van der Waals surface area (Å²) < 4.78 is 5.60. The zero-order chi connectivity index (χ0) is 13.9. The molecule has 5 heteroatoms. The third-order valence-electron chi connectivity index (χ3n) is 2.73. The summed E-state index contributed by atoms with van der Waals surface area (Å²) in [6, 6.07) is 16.3. The fourth-order valence-corrected chi connectivity index (χ4v) is 1.82. The number of ether oxygens (including phenoxy) is 1. The van der Waals surface area contributed by atoms with Crippen molar-refractivity contribution < 1.29 is 9.53 Å². The van der Waals surface area contributed by atoms with E-state index in [4.69, 9.17) is 10.5 Å². The fourth-order valence-electron chi connectivity index (χ4n) is 1.82. The summed E-state index contributed by atoms with van der Waals surface area (Å²) >= 11 is 0. The molecular weight excluding hydrogens is 254 g/mol. The minimum Gasteiger partial charge on any atom is -0.437 e. The fraction of sp³-hybridized carbons (Fsp3) is 0. The van der Waals surface area contributed by atoms with Crippen molar-refractivity contribution in [1.29, 1.82) is 0 Å². The van der Waals surface area contributed by atoms with Crippen molar-refractivity contribution in [1.82, 2.24) is 9.97 Å². The Morgan fingerprint density at radius 3 is 2.15 bits per heavy atom. The average Bonchev–Trinajstić information content (AvgIpc) is 2.47. The van der Waals surface area contributed by atoms with Crippen molar-refractivity contribution in [3.63, 3.8) is 0 Å². The molecule has 1 heterocycles. The maximum atomic E-state index is 11.5. The Bertz CT molecular complexity index is 772. The van der Waals surface area contributed by atoms with E-state index in [1.807, 2.05) is 30.3 Å². The topological polar surface area (TPSA) is 78.1 Å². The van der Waals surface area contributed by atoms with Gasteiger partial charge in [-0.1, -0.05) is 30.3 Å². The predicted octanol–water partition coefficient (Wildman–Crippen LogP) is 2.52. The minimum atomic E-state index is -0.672. The van der Waals surface area contributed by atoms with Crippen LogP contribution in [-0.4, -0.2) is 15.9 Å². The second-order valence-corrected chi connectivity index (χ2v) is 4.15. The lowest BCUT2D eigenvalue weighted by molar-refractivity contribution is 0.0993. The van der Waals surface area contributed by atoms with Crippen LogP contribution in [0.2, 0.25) is 0 Å². The summed E-state index contributed by atoms with van der Waals surface area (Å²) in [5, 5.41) is 0. The summed E-state index contributed by atoms with van der Waals surface area (Å²) in [5.74, 6) is 0.0103. The van der Waals surface area contributed by atoms with Gasteiger partial charge in [-0.15, -0.1) is 0 Å². The van der Waals surface area contributed by atoms with Gasteiger partial charge in [0.25, 0.3) is 11.8 Å². The van der Waals surface area contributed by atoms with Crippen LogP contribution in [0.1, 0.15) is 10.5 Å². The molecule has 0 bridgehead atoms. The molecule has 0 aliphatic rings. The van der Waals surface area contributed by atoms with Crippen LogP contribution in [0, 0.1) is 0 Å². The van der Waals surface area contributed by atoms with Gasteiger partial charge in [0.15, 0.2) is 5.69 Å². The van der Waals surface area contributed by atoms with E-state index in [0.717, 1.165) is 0 Å². The highest BCUT2D eigenvalue weighted by Gasteiger charge is 2.15. The van der Waals surface area contributed by atoms with Crippen LogP contribution in [0.25, 0.3) is 11.0 Å². The molecular formula is C15H11N3O2. The third kappa shape index (κ3) is 2.29. The van der Waals surface area contributed by atoms with Gasteiger partial charge in [-0.3, -0.25) is 4.79 Å². The molecule has 2 N–H and O–H groups in total. The van der Waals surface area contributed by atoms with E-state index >= 15 is 0 Å². The first-order chi connectivity index (χ1) is 9.74. The van der Waals surface area contributed by atoms with Crippen LogP contribution in [0.5, 0.6) is 11.6 Å². The Hall–Kier alpha value is -2.95. The summed E-state index contributed by atoms with van der Waals surface area (Å²) in [4.78, 5) is 20.0. The number of carbonyl (C=O) groups excluding carboxylic acids is 1. The van der Waals surface area contributed by atoms with E-state index in [9.17, 15) is 4.79 Å². The number of hydrogen-bond acceptors (Lipinski definition) is 4. The molecule has 0 unspecified atom stereocenters. The van der Waals surface area contributed by atoms with Crippen LogP contribution in [-0.2, 0) is 0 Å². The number of primary amides is 1. The molecule has 0 aliphatic heterocycles. The van der Waals surface area contributed by atoms with E-state index in [0.29, 0.717) is 16.8 Å². The summed E-state index contributed by atoms with van der Waals surface area (Å²) in [6.45, 7) is 0. The highest BCUT2D eigenvalue weighted by Crippen LogP contribution is 2.24. The van der Waals surface area contributed by atoms with E-state index in [1.54, 1.807) is 24.3 Å². The maximum Gasteiger partial charge on any atom is 0.272 e. The van der Waals surface area contributed by atoms with Crippen molar-refractivity contribution >= 4 is 16.9 Å². The molecule has 1 amide bonds. The first-order valence-corrected chi connectivity index (χ1v) is 6.03. The van der Waals surface area contributed by atoms with E-state index in [-0.39, 0.29) is 11.6 Å². The lowest BCUT2D eigenvalue weighted by Gasteiger charge is -2.08. The third-order valence-corrected chi connectivity index (χ3v) is 2.73. The summed E-state index contributed by atoms with van der Waals surface area (Å²) in [6.07, 6.45) is 0. The van der Waals surface area contributed by atoms with Crippen molar-refractivity contribution in [3.8, 4) is 11.6 Å². The van der Waals surface area contributed by atoms with Gasteiger partial charge >= 0.3 is 0 Å². The molecule has 1 aromatic heterocycles. The quantitative estimate of drug-likeness (QED) is 0.789. The molecule has 0 atom stereocenters. The van der Waals surface area contributed by atoms with Crippen molar-refractivity contribution in [2.75, 3.05) is 0 Å². The van der Waals surface area contributed by atoms with Crippen LogP contribution in [0.15, 0.2) is 54.6 Å². The second kappa shape index (κ2) is 4.97. The molecule has 0 saturated heterocycles. The molecule has 5 nitrogen and oxygen atoms in total. The Morgan fingerprint density at radius 1 is 0.900 bits per heavy atom. The molecule has 98 valence electrons. The highest BCUT2D eigenvalue weighted by molar-refractivity contribution is 5.95. The number of rotatable bonds is 3. The number of amides is 1. The van der Waals surface area contributed by atoms with Gasteiger partial charge in [0.2, 0.25) is 0 Å². The van der Waals surface area contributed by atoms with Crippen molar-refractivity contribution in [2.45, 2.75) is 0 Å². The summed E-state index contributed by atoms with van der Waals surface area (Å²) in [5.41, 5.74) is 6.60. The molecule has 0 aliphatic carbocycles. The molecule has 3 aromatic rings. The first kappa shape index (κ1) is 12.1. The van der Waals surface area contributed by atoms with Crippen molar-refractivity contribution in [3.05, 3.63) is 60.3 Å². The SMILES string of the molecule is NC(=O)c1nc2ccccc2nc1Oc1ccccc1. The standard InChI is InChI=1S/C15H11N3O2/c16-14(19)13-15(20-10-6-2-1-3-7-10)18-12-9-5-4-8-11(12)17-13/h1-9H,(H2,16,19). The normalized spacial score (nSPS) is 10.4. The van der Waals surface area contributed by atoms with Gasteiger partial charge in [-0.2, -0.15) is 0 Å². The Morgan fingerprint density at radius 2 is 1.50 bits per heavy atom. The van der Waals surface area contributed by atoms with Crippen LogP contribution in [0.4, 0.5) is 0 Å². The van der Waals surface area contributed by atoms with Gasteiger partial charge in [0.05, 0.1) is 11.0 Å². The molecule has 0 fully saturated rings. The van der Waals surface area contributed by atoms with Gasteiger partial charge in [0.1, 0.15) is 5.75 Å². The predicted molar refractivity (Wildman–Crippen MR) is 74.6 cm³/mol. The highest BCUT2D eigenvalue weighted by atomic mass is 16.5. The number of benzene rings is 2. The largest absolute Gasteiger partial charge is 0.437 e. The number of nitrogens with zero attached hydrogens (tertiary/aromatic N) is 2. The number of fused-ring (bicyclic) bond motifs is 1. The van der Waals surface area contributed by atoms with Crippen LogP contribution in [0.3, 0.4) is 0 Å². The zero-order valence-corrected chi connectivity index (χ0v) is 10.5. The first-order valence-electron chi connectivity index (χ1n) is 6.03. The molecule has 20 heavy (non-hydrogen) atoms. The lowest BCUT2D eigenvalue weighted by Crippen LogP contribution is -2.15. The van der Waals surface area contributed by atoms with E-state index < -0.39 is 5.91 Å². The van der Waals surface area contributed by atoms with Crippen molar-refractivity contribution in [2.24, 2.45) is 5.73 Å². The number of para-hydroxylation sites is 3. The summed E-state index contributed by atoms with van der Waals surface area (Å²) in [7, 11) is 0. The molecule has 0 radical (unpaired) electrons. The number of aromatic nitrogens is 2. The second-order valence-electron chi connectivity index (χ2n) is 4.15. The molecule has 2 aromatic carbocycles. The number of hydrogen-bond donors (Lipinski definition) is 1. The Kier molecular flexibility index (Phi) is 3.01. The molecule has 0 spiro atoms. The van der Waals surface area contributed by atoms with E-state index in [1.165, 1.54) is 0 Å². The number of carbonyl (C=O) groups is 1. The molecule has 0 saturated carbocycles. The molecule has 3 rings (SSSR count). The zero-order valence-electron chi connectivity index (χ0n) is 10.5. The minimum absolute atomic E-state index is 0.0209. The van der Waals surface area contributed by atoms with Gasteiger partial charge in [-0.05, 0) is 24.3 Å². The average molecular weight is 265 g/mol. The van der Waals surface area contributed by atoms with E-state index in [2.05, 4.69) is 9.97 Å². The maximum absolute atomic E-state index is 11.5. The Labute approximate surface area is 115 Å². The number of nitrogens with two attached hydrogens (primary N) is 1. The van der Waals surface area contributed by atoms with Gasteiger partial charge in [-0.25, -0.2) is 9.97 Å².